The molecule has 34 heavy (non-hydrogen) atoms. The molecular formula is C22H19ClF3NO6S. The maximum absolute atomic E-state index is 13.5. The number of likely N-dealkylation sites (tertiary alicyclic amines) is 1. The molecule has 0 spiro atoms. The van der Waals surface area contributed by atoms with Gasteiger partial charge in [0.15, 0.2) is 9.84 Å². The van der Waals surface area contributed by atoms with E-state index < -0.39 is 50.5 Å². The number of carboxylic acids is 1. The van der Waals surface area contributed by atoms with Crippen molar-refractivity contribution in [3.05, 3.63) is 59.1 Å². The lowest BCUT2D eigenvalue weighted by atomic mass is 9.94. The molecule has 2 aliphatic rings. The molecule has 12 heteroatoms. The van der Waals surface area contributed by atoms with Gasteiger partial charge in [0.1, 0.15) is 11.8 Å². The fraction of sp³-hybridized carbons (Fsp3) is 0.364. The number of sulfone groups is 1. The number of benzene rings is 2. The third-order valence-electron chi connectivity index (χ3n) is 6.19. The molecule has 2 atom stereocenters. The molecule has 182 valence electrons. The summed E-state index contributed by atoms with van der Waals surface area (Å²) in [5.74, 6) is -2.36. The second-order valence-electron chi connectivity index (χ2n) is 8.30. The lowest BCUT2D eigenvalue weighted by Gasteiger charge is -2.27. The molecule has 1 heterocycles. The van der Waals surface area contributed by atoms with Crippen LogP contribution >= 0.6 is 11.6 Å². The molecule has 2 unspecified atom stereocenters. The Balaban J connectivity index is 1.60. The molecule has 2 aromatic rings. The number of hydrogen-bond donors (Lipinski definition) is 1. The lowest BCUT2D eigenvalue weighted by molar-refractivity contribution is -0.274. The molecule has 4 rings (SSSR count). The number of amides is 1. The second kappa shape index (κ2) is 8.46. The number of halogens is 4. The summed E-state index contributed by atoms with van der Waals surface area (Å²) in [5, 5.41) is 8.53. The van der Waals surface area contributed by atoms with E-state index in [-0.39, 0.29) is 22.9 Å². The van der Waals surface area contributed by atoms with E-state index in [9.17, 15) is 36.3 Å². The van der Waals surface area contributed by atoms with E-state index in [1.54, 1.807) is 6.07 Å². The van der Waals surface area contributed by atoms with Crippen LogP contribution in [-0.2, 0) is 24.8 Å². The zero-order valence-electron chi connectivity index (χ0n) is 17.5. The number of hydrogen-bond acceptors (Lipinski definition) is 5. The van der Waals surface area contributed by atoms with Crippen molar-refractivity contribution in [3.8, 4) is 5.75 Å². The molecular weight excluding hydrogens is 499 g/mol. The van der Waals surface area contributed by atoms with Gasteiger partial charge in [0.05, 0.1) is 20.6 Å². The molecule has 1 N–H and O–H groups in total. The van der Waals surface area contributed by atoms with Crippen molar-refractivity contribution in [1.29, 1.82) is 0 Å². The number of carbonyl (C=O) groups excluding carboxylic acids is 1. The number of carboxylic acid groups (broad SMARTS) is 1. The Bertz CT molecular complexity index is 1230. The Hall–Kier alpha value is -2.79. The van der Waals surface area contributed by atoms with Crippen LogP contribution in [0, 0.1) is 0 Å². The molecule has 1 amide bonds. The number of carbonyl (C=O) groups is 2. The van der Waals surface area contributed by atoms with Gasteiger partial charge in [-0.2, -0.15) is 0 Å². The number of nitrogens with zero attached hydrogens (tertiary/aromatic N) is 1. The smallest absolute Gasteiger partial charge is 0.480 e. The molecule has 0 radical (unpaired) electrons. The van der Waals surface area contributed by atoms with E-state index in [4.69, 9.17) is 11.6 Å². The topological polar surface area (TPSA) is 101 Å². The van der Waals surface area contributed by atoms with Crippen LogP contribution in [0.1, 0.15) is 24.8 Å². The predicted molar refractivity (Wildman–Crippen MR) is 114 cm³/mol. The van der Waals surface area contributed by atoms with Gasteiger partial charge in [-0.15, -0.1) is 13.2 Å². The minimum absolute atomic E-state index is 0.000944. The summed E-state index contributed by atoms with van der Waals surface area (Å²) in [6.45, 7) is -0.333. The fourth-order valence-electron chi connectivity index (χ4n) is 4.34. The van der Waals surface area contributed by atoms with Crippen molar-refractivity contribution in [2.75, 3.05) is 6.54 Å². The Morgan fingerprint density at radius 2 is 1.71 bits per heavy atom. The summed E-state index contributed by atoms with van der Waals surface area (Å²) < 4.78 is 67.4. The second-order valence-corrected chi connectivity index (χ2v) is 10.9. The number of rotatable bonds is 6. The van der Waals surface area contributed by atoms with E-state index >= 15 is 0 Å². The van der Waals surface area contributed by atoms with Gasteiger partial charge >= 0.3 is 12.3 Å². The van der Waals surface area contributed by atoms with Gasteiger partial charge in [0.25, 0.3) is 0 Å². The van der Waals surface area contributed by atoms with Crippen LogP contribution in [0.25, 0.3) is 0 Å². The van der Waals surface area contributed by atoms with Crippen LogP contribution in [-0.4, -0.2) is 54.5 Å². The molecule has 1 aliphatic heterocycles. The van der Waals surface area contributed by atoms with Crippen LogP contribution in [0.4, 0.5) is 13.2 Å². The van der Waals surface area contributed by atoms with E-state index in [1.807, 2.05) is 0 Å². The third-order valence-corrected chi connectivity index (χ3v) is 8.82. The van der Waals surface area contributed by atoms with Crippen molar-refractivity contribution in [3.63, 3.8) is 0 Å². The summed E-state index contributed by atoms with van der Waals surface area (Å²) >= 11 is 6.04. The number of aliphatic carboxylic acids is 1. The predicted octanol–water partition coefficient (Wildman–Crippen LogP) is 3.80. The van der Waals surface area contributed by atoms with Gasteiger partial charge in [-0.1, -0.05) is 35.9 Å². The van der Waals surface area contributed by atoms with Gasteiger partial charge in [0.2, 0.25) is 5.91 Å². The molecule has 0 aromatic heterocycles. The highest BCUT2D eigenvalue weighted by molar-refractivity contribution is 7.92. The zero-order valence-corrected chi connectivity index (χ0v) is 19.0. The van der Waals surface area contributed by atoms with Crippen LogP contribution in [0.2, 0.25) is 5.02 Å². The first kappa shape index (κ1) is 24.3. The lowest BCUT2D eigenvalue weighted by Crippen LogP contribution is -2.46. The van der Waals surface area contributed by atoms with Crippen LogP contribution in [0.15, 0.2) is 53.4 Å². The number of ether oxygens (including phenoxy) is 1. The Kier molecular flexibility index (Phi) is 6.05. The summed E-state index contributed by atoms with van der Waals surface area (Å²) in [6.07, 6.45) is -4.45. The van der Waals surface area contributed by atoms with Gasteiger partial charge in [-0.3, -0.25) is 4.79 Å². The maximum Gasteiger partial charge on any atom is 0.573 e. The molecule has 0 bridgehead atoms. The SMILES string of the molecule is O=C(O)C1CC(S(=O)(=O)c2ccccc2Cl)CN1C(=O)C1(c2ccc(OC(F)(F)F)cc2)CC1. The van der Waals surface area contributed by atoms with E-state index in [0.29, 0.717) is 18.4 Å². The Labute approximate surface area is 198 Å². The highest BCUT2D eigenvalue weighted by atomic mass is 35.5. The first-order valence-electron chi connectivity index (χ1n) is 10.2. The first-order chi connectivity index (χ1) is 15.8. The van der Waals surface area contributed by atoms with Gasteiger partial charge in [-0.25, -0.2) is 13.2 Å². The average Bonchev–Trinajstić information content (AvgIpc) is 3.43. The normalized spacial score (nSPS) is 21.8. The first-order valence-corrected chi connectivity index (χ1v) is 12.2. The summed E-state index contributed by atoms with van der Waals surface area (Å²) in [5.41, 5.74) is -0.707. The third kappa shape index (κ3) is 4.46. The monoisotopic (exact) mass is 517 g/mol. The number of alkyl halides is 3. The van der Waals surface area contributed by atoms with E-state index in [2.05, 4.69) is 4.74 Å². The Morgan fingerprint density at radius 1 is 1.09 bits per heavy atom. The van der Waals surface area contributed by atoms with E-state index in [1.165, 1.54) is 30.3 Å². The molecule has 7 nitrogen and oxygen atoms in total. The quantitative estimate of drug-likeness (QED) is 0.625. The minimum Gasteiger partial charge on any atom is -0.480 e. The molecule has 2 aromatic carbocycles. The van der Waals surface area contributed by atoms with E-state index in [0.717, 1.165) is 17.0 Å². The summed E-state index contributed by atoms with van der Waals surface area (Å²) in [4.78, 5) is 26.3. The molecule has 1 saturated carbocycles. The van der Waals surface area contributed by atoms with Crippen LogP contribution in [0.3, 0.4) is 0 Å². The van der Waals surface area contributed by atoms with Crippen LogP contribution in [0.5, 0.6) is 5.75 Å². The van der Waals surface area contributed by atoms with Crippen molar-refractivity contribution in [1.82, 2.24) is 4.90 Å². The van der Waals surface area contributed by atoms with Crippen LogP contribution < -0.4 is 4.74 Å². The van der Waals surface area contributed by atoms with Gasteiger partial charge < -0.3 is 14.7 Å². The molecule has 2 fully saturated rings. The standard InChI is InChI=1S/C22H19ClF3NO6S/c23-16-3-1-2-4-18(16)34(31,32)15-11-17(19(28)29)27(12-15)20(30)21(9-10-21)13-5-7-14(8-6-13)33-22(24,25)26/h1-8,15,17H,9-12H2,(H,28,29). The maximum atomic E-state index is 13.5. The van der Waals surface area contributed by atoms with Crippen molar-refractivity contribution >= 4 is 33.3 Å². The van der Waals surface area contributed by atoms with Crippen molar-refractivity contribution in [2.45, 2.75) is 47.2 Å². The Morgan fingerprint density at radius 3 is 2.24 bits per heavy atom. The van der Waals surface area contributed by atoms with Gasteiger partial charge in [-0.05, 0) is 49.1 Å². The summed E-state index contributed by atoms with van der Waals surface area (Å²) in [6, 6.07) is 9.26. The molecule has 1 saturated heterocycles. The van der Waals surface area contributed by atoms with Crippen molar-refractivity contribution in [2.24, 2.45) is 0 Å². The largest absolute Gasteiger partial charge is 0.573 e. The fourth-order valence-corrected chi connectivity index (χ4v) is 6.56. The van der Waals surface area contributed by atoms with Gasteiger partial charge in [0, 0.05) is 6.54 Å². The highest BCUT2D eigenvalue weighted by Crippen LogP contribution is 2.51. The zero-order chi connectivity index (χ0) is 24.9. The molecule has 1 aliphatic carbocycles. The minimum atomic E-state index is -4.86. The highest BCUT2D eigenvalue weighted by Gasteiger charge is 2.57. The average molecular weight is 518 g/mol. The summed E-state index contributed by atoms with van der Waals surface area (Å²) in [7, 11) is -4.03. The van der Waals surface area contributed by atoms with Crippen molar-refractivity contribution < 1.29 is 41.0 Å².